The minimum absolute atomic E-state index is 0.145. The summed E-state index contributed by atoms with van der Waals surface area (Å²) in [5.41, 5.74) is 0.721. The van der Waals surface area contributed by atoms with Crippen LogP contribution >= 0.6 is 11.6 Å². The molecule has 2 heterocycles. The lowest BCUT2D eigenvalue weighted by Gasteiger charge is -2.04. The number of esters is 1. The number of nitrogens with one attached hydrogen (secondary N) is 1. The van der Waals surface area contributed by atoms with Crippen LogP contribution in [0.3, 0.4) is 0 Å². The highest BCUT2D eigenvalue weighted by Crippen LogP contribution is 2.30. The molecule has 2 rings (SSSR count). The van der Waals surface area contributed by atoms with E-state index in [1.54, 1.807) is 0 Å². The molecule has 0 atom stereocenters. The summed E-state index contributed by atoms with van der Waals surface area (Å²) in [5.74, 6) is -0.325. The van der Waals surface area contributed by atoms with E-state index in [9.17, 15) is 9.59 Å². The maximum Gasteiger partial charge on any atom is 0.340 e. The van der Waals surface area contributed by atoms with Crippen molar-refractivity contribution in [3.05, 3.63) is 22.3 Å². The van der Waals surface area contributed by atoms with E-state index in [1.165, 1.54) is 13.3 Å². The topological polar surface area (TPSA) is 68.3 Å². The summed E-state index contributed by atoms with van der Waals surface area (Å²) in [5, 5.41) is 2.76. The maximum absolute atomic E-state index is 11.3. The average Bonchev–Trinajstić information content (AvgIpc) is 2.59. The Balaban J connectivity index is 2.51. The molecule has 5 nitrogen and oxygen atoms in total. The van der Waals surface area contributed by atoms with E-state index >= 15 is 0 Å². The van der Waals surface area contributed by atoms with Crippen LogP contribution in [0.5, 0.6) is 0 Å². The standard InChI is InChI=1S/C9H7ClN2O3/c1-15-9(14)5-3-11-8-4(7(5)10)2-6(13)12-8/h3H,2H2,1H3,(H,11,12,13). The van der Waals surface area contributed by atoms with Crippen LogP contribution in [0.2, 0.25) is 5.02 Å². The van der Waals surface area contributed by atoms with Gasteiger partial charge in [-0.2, -0.15) is 0 Å². The van der Waals surface area contributed by atoms with E-state index in [1.807, 2.05) is 0 Å². The number of aromatic nitrogens is 1. The lowest BCUT2D eigenvalue weighted by molar-refractivity contribution is -0.115. The van der Waals surface area contributed by atoms with E-state index in [2.05, 4.69) is 15.0 Å². The molecule has 0 aromatic carbocycles. The van der Waals surface area contributed by atoms with Crippen LogP contribution in [-0.4, -0.2) is 24.0 Å². The Hall–Kier alpha value is -1.62. The number of rotatable bonds is 1. The van der Waals surface area contributed by atoms with Gasteiger partial charge in [-0.25, -0.2) is 9.78 Å². The number of nitrogens with zero attached hydrogens (tertiary/aromatic N) is 1. The number of carbonyl (C=O) groups is 2. The summed E-state index contributed by atoms with van der Waals surface area (Å²) >= 11 is 5.96. The fourth-order valence-electron chi connectivity index (χ4n) is 1.39. The Kier molecular flexibility index (Phi) is 2.32. The lowest BCUT2D eigenvalue weighted by Crippen LogP contribution is -2.05. The zero-order valence-corrected chi connectivity index (χ0v) is 8.59. The summed E-state index contributed by atoms with van der Waals surface area (Å²) < 4.78 is 4.53. The van der Waals surface area contributed by atoms with Gasteiger partial charge >= 0.3 is 5.97 Å². The number of amides is 1. The Morgan fingerprint density at radius 1 is 1.67 bits per heavy atom. The number of methoxy groups -OCH3 is 1. The predicted molar refractivity (Wildman–Crippen MR) is 52.9 cm³/mol. The Labute approximate surface area is 90.4 Å². The number of carbonyl (C=O) groups excluding carboxylic acids is 2. The Morgan fingerprint density at radius 2 is 2.40 bits per heavy atom. The molecule has 0 aliphatic carbocycles. The molecule has 1 aromatic rings. The lowest BCUT2D eigenvalue weighted by atomic mass is 10.1. The van der Waals surface area contributed by atoms with Gasteiger partial charge in [-0.1, -0.05) is 11.6 Å². The van der Waals surface area contributed by atoms with Gasteiger partial charge < -0.3 is 10.1 Å². The van der Waals surface area contributed by atoms with Crippen molar-refractivity contribution in [3.8, 4) is 0 Å². The first kappa shape index (κ1) is 9.92. The zero-order chi connectivity index (χ0) is 11.0. The van der Waals surface area contributed by atoms with Gasteiger partial charge in [-0.15, -0.1) is 0 Å². The maximum atomic E-state index is 11.3. The predicted octanol–water partition coefficient (Wildman–Crippen LogP) is 1.02. The van der Waals surface area contributed by atoms with Gasteiger partial charge in [0.2, 0.25) is 5.91 Å². The number of hydrogen-bond acceptors (Lipinski definition) is 4. The first-order chi connectivity index (χ1) is 7.13. The summed E-state index contributed by atoms with van der Waals surface area (Å²) in [6.45, 7) is 0. The molecule has 1 aliphatic heterocycles. The first-order valence-electron chi connectivity index (χ1n) is 4.19. The molecule has 0 fully saturated rings. The normalized spacial score (nSPS) is 13.3. The van der Waals surface area contributed by atoms with Gasteiger partial charge in [0.25, 0.3) is 0 Å². The molecule has 1 N–H and O–H groups in total. The van der Waals surface area contributed by atoms with Gasteiger partial charge in [0.1, 0.15) is 5.82 Å². The van der Waals surface area contributed by atoms with Crippen molar-refractivity contribution >= 4 is 29.3 Å². The summed E-state index contributed by atoms with van der Waals surface area (Å²) in [4.78, 5) is 26.3. The summed E-state index contributed by atoms with van der Waals surface area (Å²) in [7, 11) is 1.26. The average molecular weight is 227 g/mol. The Bertz CT molecular complexity index is 459. The van der Waals surface area contributed by atoms with Crippen LogP contribution in [0.15, 0.2) is 6.20 Å². The van der Waals surface area contributed by atoms with Gasteiger partial charge in [0.15, 0.2) is 0 Å². The minimum Gasteiger partial charge on any atom is -0.465 e. The van der Waals surface area contributed by atoms with E-state index in [-0.39, 0.29) is 22.9 Å². The van der Waals surface area contributed by atoms with Crippen molar-refractivity contribution in [2.45, 2.75) is 6.42 Å². The van der Waals surface area contributed by atoms with Crippen LogP contribution in [0.4, 0.5) is 5.82 Å². The number of anilines is 1. The van der Waals surface area contributed by atoms with E-state index in [0.29, 0.717) is 11.4 Å². The quantitative estimate of drug-likeness (QED) is 0.726. The van der Waals surface area contributed by atoms with Gasteiger partial charge in [0, 0.05) is 11.8 Å². The second kappa shape index (κ2) is 3.51. The van der Waals surface area contributed by atoms with Crippen LogP contribution in [0.25, 0.3) is 0 Å². The molecule has 0 spiro atoms. The highest BCUT2D eigenvalue weighted by Gasteiger charge is 2.25. The van der Waals surface area contributed by atoms with E-state index < -0.39 is 5.97 Å². The number of fused-ring (bicyclic) bond motifs is 1. The van der Waals surface area contributed by atoms with E-state index in [4.69, 9.17) is 11.6 Å². The molecule has 15 heavy (non-hydrogen) atoms. The van der Waals surface area contributed by atoms with Crippen molar-refractivity contribution in [1.29, 1.82) is 0 Å². The van der Waals surface area contributed by atoms with E-state index in [0.717, 1.165) is 0 Å². The van der Waals surface area contributed by atoms with Gasteiger partial charge in [-0.05, 0) is 0 Å². The molecule has 1 aliphatic rings. The van der Waals surface area contributed by atoms with Crippen LogP contribution < -0.4 is 5.32 Å². The number of ether oxygens (including phenoxy) is 1. The Morgan fingerprint density at radius 3 is 3.07 bits per heavy atom. The van der Waals surface area contributed by atoms with Crippen molar-refractivity contribution in [2.75, 3.05) is 12.4 Å². The first-order valence-corrected chi connectivity index (χ1v) is 4.57. The molecule has 1 amide bonds. The molecule has 0 unspecified atom stereocenters. The molecule has 0 radical (unpaired) electrons. The fourth-order valence-corrected chi connectivity index (χ4v) is 1.67. The van der Waals surface area contributed by atoms with Crippen molar-refractivity contribution < 1.29 is 14.3 Å². The fraction of sp³-hybridized carbons (Fsp3) is 0.222. The van der Waals surface area contributed by atoms with Gasteiger partial charge in [-0.3, -0.25) is 4.79 Å². The minimum atomic E-state index is -0.561. The third kappa shape index (κ3) is 1.55. The molecular weight excluding hydrogens is 220 g/mol. The number of hydrogen-bond donors (Lipinski definition) is 1. The number of pyridine rings is 1. The molecule has 0 bridgehead atoms. The van der Waals surface area contributed by atoms with Crippen molar-refractivity contribution in [1.82, 2.24) is 4.98 Å². The highest BCUT2D eigenvalue weighted by molar-refractivity contribution is 6.35. The van der Waals surface area contributed by atoms with Crippen molar-refractivity contribution in [2.24, 2.45) is 0 Å². The van der Waals surface area contributed by atoms with Crippen LogP contribution in [0, 0.1) is 0 Å². The SMILES string of the molecule is COC(=O)c1cnc2c(c1Cl)CC(=O)N2. The molecule has 0 saturated heterocycles. The largest absolute Gasteiger partial charge is 0.465 e. The second-order valence-electron chi connectivity index (χ2n) is 3.03. The zero-order valence-electron chi connectivity index (χ0n) is 7.83. The van der Waals surface area contributed by atoms with Crippen LogP contribution in [0.1, 0.15) is 15.9 Å². The summed E-state index contributed by atoms with van der Waals surface area (Å²) in [6.07, 6.45) is 1.44. The molecule has 78 valence electrons. The molecule has 0 saturated carbocycles. The van der Waals surface area contributed by atoms with Crippen molar-refractivity contribution in [3.63, 3.8) is 0 Å². The second-order valence-corrected chi connectivity index (χ2v) is 3.41. The third-order valence-corrected chi connectivity index (χ3v) is 2.54. The van der Waals surface area contributed by atoms with Crippen LogP contribution in [-0.2, 0) is 16.0 Å². The molecule has 1 aromatic heterocycles. The smallest absolute Gasteiger partial charge is 0.340 e. The highest BCUT2D eigenvalue weighted by atomic mass is 35.5. The third-order valence-electron chi connectivity index (χ3n) is 2.11. The van der Waals surface area contributed by atoms with Gasteiger partial charge in [0.05, 0.1) is 24.1 Å². The molecule has 6 heteroatoms. The number of halogens is 1. The monoisotopic (exact) mass is 226 g/mol. The molecular formula is C9H7ClN2O3. The summed E-state index contributed by atoms with van der Waals surface area (Å²) in [6, 6.07) is 0.